The molecule has 0 atom stereocenters. The maximum Gasteiger partial charge on any atom is 0.255 e. The predicted molar refractivity (Wildman–Crippen MR) is 119 cm³/mol. The predicted octanol–water partition coefficient (Wildman–Crippen LogP) is 5.43. The molecular weight excluding hydrogens is 378 g/mol. The lowest BCUT2D eigenvalue weighted by molar-refractivity contribution is 0.102. The highest BCUT2D eigenvalue weighted by atomic mass is 16.5. The largest absolute Gasteiger partial charge is 0.491 e. The lowest BCUT2D eigenvalue weighted by atomic mass is 10.2. The number of benzene rings is 3. The number of amides is 1. The van der Waals surface area contributed by atoms with E-state index in [2.05, 4.69) is 19.2 Å². The highest BCUT2D eigenvalue weighted by Gasteiger charge is 2.11. The van der Waals surface area contributed by atoms with E-state index in [1.807, 2.05) is 60.7 Å². The van der Waals surface area contributed by atoms with Crippen LogP contribution >= 0.6 is 0 Å². The monoisotopic (exact) mass is 405 g/mol. The Morgan fingerprint density at radius 2 is 1.47 bits per heavy atom. The fourth-order valence-corrected chi connectivity index (χ4v) is 2.71. The second-order valence-electron chi connectivity index (χ2n) is 7.19. The van der Waals surface area contributed by atoms with E-state index in [9.17, 15) is 4.79 Å². The quantitative estimate of drug-likeness (QED) is 0.457. The molecule has 3 rings (SSSR count). The van der Waals surface area contributed by atoms with E-state index in [-0.39, 0.29) is 5.91 Å². The molecule has 0 saturated carbocycles. The van der Waals surface area contributed by atoms with Crippen molar-refractivity contribution in [3.8, 4) is 17.2 Å². The van der Waals surface area contributed by atoms with Crippen LogP contribution in [0.2, 0.25) is 0 Å². The molecule has 1 amide bonds. The standard InChI is InChI=1S/C25H27NO4/c1-19(2)18-30-24-14-7-6-13-23(24)26-25(27)20-9-8-12-22(17-20)29-16-15-28-21-10-4-3-5-11-21/h3-14,17,19H,15-16,18H2,1-2H3,(H,26,27). The second-order valence-corrected chi connectivity index (χ2v) is 7.19. The molecule has 0 aliphatic carbocycles. The van der Waals surface area contributed by atoms with Gasteiger partial charge in [0, 0.05) is 5.56 Å². The van der Waals surface area contributed by atoms with Crippen LogP contribution in [0, 0.1) is 5.92 Å². The number of carbonyl (C=O) groups excluding carboxylic acids is 1. The van der Waals surface area contributed by atoms with Crippen LogP contribution < -0.4 is 19.5 Å². The van der Waals surface area contributed by atoms with Gasteiger partial charge in [0.25, 0.3) is 5.91 Å². The summed E-state index contributed by atoms with van der Waals surface area (Å²) in [5, 5.41) is 2.92. The van der Waals surface area contributed by atoms with Crippen LogP contribution in [0.4, 0.5) is 5.69 Å². The highest BCUT2D eigenvalue weighted by molar-refractivity contribution is 6.05. The van der Waals surface area contributed by atoms with Crippen molar-refractivity contribution in [1.29, 1.82) is 0 Å². The first kappa shape index (κ1) is 21.2. The molecule has 1 N–H and O–H groups in total. The Bertz CT molecular complexity index is 941. The van der Waals surface area contributed by atoms with Gasteiger partial charge in [-0.3, -0.25) is 4.79 Å². The van der Waals surface area contributed by atoms with Crippen LogP contribution in [-0.4, -0.2) is 25.7 Å². The van der Waals surface area contributed by atoms with E-state index in [4.69, 9.17) is 14.2 Å². The average molecular weight is 405 g/mol. The Balaban J connectivity index is 1.56. The van der Waals surface area contributed by atoms with Crippen molar-refractivity contribution < 1.29 is 19.0 Å². The van der Waals surface area contributed by atoms with Gasteiger partial charge < -0.3 is 19.5 Å². The summed E-state index contributed by atoms with van der Waals surface area (Å²) in [7, 11) is 0. The topological polar surface area (TPSA) is 56.8 Å². The Hall–Kier alpha value is -3.47. The second kappa shape index (κ2) is 10.9. The number of rotatable bonds is 10. The van der Waals surface area contributed by atoms with Crippen molar-refractivity contribution in [1.82, 2.24) is 0 Å². The Labute approximate surface area is 177 Å². The fourth-order valence-electron chi connectivity index (χ4n) is 2.71. The molecule has 0 saturated heterocycles. The lowest BCUT2D eigenvalue weighted by Crippen LogP contribution is -2.14. The van der Waals surface area contributed by atoms with E-state index >= 15 is 0 Å². The van der Waals surface area contributed by atoms with Gasteiger partial charge in [-0.25, -0.2) is 0 Å². The third-order valence-electron chi connectivity index (χ3n) is 4.17. The number of carbonyl (C=O) groups is 1. The Morgan fingerprint density at radius 1 is 0.800 bits per heavy atom. The van der Waals surface area contributed by atoms with Gasteiger partial charge in [-0.1, -0.05) is 50.2 Å². The van der Waals surface area contributed by atoms with Gasteiger partial charge >= 0.3 is 0 Å². The van der Waals surface area contributed by atoms with Crippen LogP contribution in [-0.2, 0) is 0 Å². The SMILES string of the molecule is CC(C)COc1ccccc1NC(=O)c1cccc(OCCOc2ccccc2)c1. The summed E-state index contributed by atoms with van der Waals surface area (Å²) >= 11 is 0. The van der Waals surface area contributed by atoms with Crippen molar-refractivity contribution in [3.63, 3.8) is 0 Å². The molecule has 0 aliphatic heterocycles. The van der Waals surface area contributed by atoms with Gasteiger partial charge in [-0.05, 0) is 48.4 Å². The minimum absolute atomic E-state index is 0.221. The number of para-hydroxylation sites is 3. The zero-order chi connectivity index (χ0) is 21.2. The zero-order valence-corrected chi connectivity index (χ0v) is 17.3. The minimum atomic E-state index is -0.221. The van der Waals surface area contributed by atoms with Crippen molar-refractivity contribution in [2.75, 3.05) is 25.1 Å². The molecule has 0 bridgehead atoms. The summed E-state index contributed by atoms with van der Waals surface area (Å²) in [5.41, 5.74) is 1.15. The number of anilines is 1. The minimum Gasteiger partial charge on any atom is -0.491 e. The van der Waals surface area contributed by atoms with Gasteiger partial charge in [0.2, 0.25) is 0 Å². The van der Waals surface area contributed by atoms with Crippen LogP contribution in [0.25, 0.3) is 0 Å². The molecule has 0 aliphatic rings. The average Bonchev–Trinajstić information content (AvgIpc) is 2.77. The van der Waals surface area contributed by atoms with Gasteiger partial charge in [-0.2, -0.15) is 0 Å². The molecule has 3 aromatic rings. The number of hydrogen-bond donors (Lipinski definition) is 1. The maximum absolute atomic E-state index is 12.7. The molecule has 3 aromatic carbocycles. The highest BCUT2D eigenvalue weighted by Crippen LogP contribution is 2.25. The normalized spacial score (nSPS) is 10.5. The maximum atomic E-state index is 12.7. The Morgan fingerprint density at radius 3 is 2.23 bits per heavy atom. The van der Waals surface area contributed by atoms with Crippen LogP contribution in [0.3, 0.4) is 0 Å². The van der Waals surface area contributed by atoms with Crippen molar-refractivity contribution in [2.45, 2.75) is 13.8 Å². The molecule has 0 radical (unpaired) electrons. The molecule has 0 heterocycles. The number of nitrogens with one attached hydrogen (secondary N) is 1. The first-order chi connectivity index (χ1) is 14.6. The zero-order valence-electron chi connectivity index (χ0n) is 17.3. The molecule has 5 heteroatoms. The summed E-state index contributed by atoms with van der Waals surface area (Å²) in [4.78, 5) is 12.7. The van der Waals surface area contributed by atoms with E-state index < -0.39 is 0 Å². The van der Waals surface area contributed by atoms with E-state index in [0.29, 0.717) is 48.5 Å². The van der Waals surface area contributed by atoms with Crippen LogP contribution in [0.15, 0.2) is 78.9 Å². The molecular formula is C25H27NO4. The first-order valence-electron chi connectivity index (χ1n) is 10.1. The van der Waals surface area contributed by atoms with E-state index in [0.717, 1.165) is 5.75 Å². The van der Waals surface area contributed by atoms with Crippen molar-refractivity contribution in [3.05, 3.63) is 84.4 Å². The lowest BCUT2D eigenvalue weighted by Gasteiger charge is -2.14. The van der Waals surface area contributed by atoms with Crippen LogP contribution in [0.1, 0.15) is 24.2 Å². The van der Waals surface area contributed by atoms with Gasteiger partial charge in [0.1, 0.15) is 30.5 Å². The molecule has 5 nitrogen and oxygen atoms in total. The summed E-state index contributed by atoms with van der Waals surface area (Å²) in [6, 6.07) is 24.1. The third-order valence-corrected chi connectivity index (χ3v) is 4.17. The first-order valence-corrected chi connectivity index (χ1v) is 10.1. The summed E-state index contributed by atoms with van der Waals surface area (Å²) in [6.45, 7) is 5.54. The third kappa shape index (κ3) is 6.55. The van der Waals surface area contributed by atoms with Crippen LogP contribution in [0.5, 0.6) is 17.2 Å². The molecule has 0 spiro atoms. The smallest absolute Gasteiger partial charge is 0.255 e. The summed E-state index contributed by atoms with van der Waals surface area (Å²) in [6.07, 6.45) is 0. The van der Waals surface area contributed by atoms with Gasteiger partial charge in [0.15, 0.2) is 0 Å². The van der Waals surface area contributed by atoms with E-state index in [1.165, 1.54) is 0 Å². The fraction of sp³-hybridized carbons (Fsp3) is 0.240. The number of ether oxygens (including phenoxy) is 3. The van der Waals surface area contributed by atoms with Crippen molar-refractivity contribution >= 4 is 11.6 Å². The summed E-state index contributed by atoms with van der Waals surface area (Å²) < 4.78 is 17.2. The van der Waals surface area contributed by atoms with Gasteiger partial charge in [0.05, 0.1) is 12.3 Å². The van der Waals surface area contributed by atoms with E-state index in [1.54, 1.807) is 18.2 Å². The molecule has 156 valence electrons. The molecule has 0 unspecified atom stereocenters. The summed E-state index contributed by atoms with van der Waals surface area (Å²) in [5.74, 6) is 2.25. The number of hydrogen-bond acceptors (Lipinski definition) is 4. The molecule has 0 aromatic heterocycles. The molecule has 30 heavy (non-hydrogen) atoms. The Kier molecular flexibility index (Phi) is 7.72. The van der Waals surface area contributed by atoms with Gasteiger partial charge in [-0.15, -0.1) is 0 Å². The molecule has 0 fully saturated rings. The van der Waals surface area contributed by atoms with Crippen molar-refractivity contribution in [2.24, 2.45) is 5.92 Å².